The van der Waals surface area contributed by atoms with Crippen molar-refractivity contribution in [3.8, 4) is 23.0 Å². The van der Waals surface area contributed by atoms with Gasteiger partial charge in [-0.1, -0.05) is 0 Å². The number of anilines is 1. The van der Waals surface area contributed by atoms with Crippen LogP contribution in [0, 0.1) is 5.92 Å². The zero-order valence-corrected chi connectivity index (χ0v) is 20.7. The van der Waals surface area contributed by atoms with Crippen LogP contribution in [0.25, 0.3) is 0 Å². The van der Waals surface area contributed by atoms with Gasteiger partial charge in [-0.25, -0.2) is 0 Å². The number of amides is 2. The molecule has 9 nitrogen and oxygen atoms in total. The number of ether oxygens (including phenoxy) is 4. The molecule has 0 bridgehead atoms. The summed E-state index contributed by atoms with van der Waals surface area (Å²) in [4.78, 5) is 42.5. The first-order valence-corrected chi connectivity index (χ1v) is 12.1. The fraction of sp³-hybridized carbons (Fsp3) is 0.444. The Balaban J connectivity index is 1.25. The number of benzene rings is 2. The molecule has 2 aromatic rings. The van der Waals surface area contributed by atoms with E-state index in [9.17, 15) is 14.4 Å². The van der Waals surface area contributed by atoms with Gasteiger partial charge in [0.2, 0.25) is 11.8 Å². The summed E-state index contributed by atoms with van der Waals surface area (Å²) in [6.45, 7) is 1.29. The largest absolute Gasteiger partial charge is 0.497 e. The fourth-order valence-electron chi connectivity index (χ4n) is 5.41. The van der Waals surface area contributed by atoms with Crippen LogP contribution >= 0.6 is 0 Å². The Morgan fingerprint density at radius 2 is 1.67 bits per heavy atom. The molecule has 3 aliphatic heterocycles. The molecule has 2 saturated heterocycles. The van der Waals surface area contributed by atoms with Gasteiger partial charge in [-0.05, 0) is 24.3 Å². The molecule has 9 heteroatoms. The molecule has 0 N–H and O–H groups in total. The number of Topliss-reactive ketones (excluding diaryl/α,β-unsaturated/α-hetero) is 1. The van der Waals surface area contributed by atoms with Crippen molar-refractivity contribution in [1.29, 1.82) is 0 Å². The van der Waals surface area contributed by atoms with Crippen molar-refractivity contribution < 1.29 is 33.3 Å². The minimum atomic E-state index is -0.668. The van der Waals surface area contributed by atoms with E-state index < -0.39 is 11.5 Å². The maximum absolute atomic E-state index is 13.3. The van der Waals surface area contributed by atoms with Crippen LogP contribution in [-0.2, 0) is 9.59 Å². The lowest BCUT2D eigenvalue weighted by atomic mass is 9.82. The summed E-state index contributed by atoms with van der Waals surface area (Å²) in [6.07, 6.45) is 1.49. The number of likely N-dealkylation sites (tertiary alicyclic amines) is 1. The third-order valence-corrected chi connectivity index (χ3v) is 7.43. The highest BCUT2D eigenvalue weighted by atomic mass is 16.5. The van der Waals surface area contributed by atoms with E-state index in [1.54, 1.807) is 48.3 Å². The number of fused-ring (bicyclic) bond motifs is 1. The third kappa shape index (κ3) is 4.23. The fourth-order valence-corrected chi connectivity index (χ4v) is 5.41. The maximum atomic E-state index is 13.3. The molecule has 36 heavy (non-hydrogen) atoms. The molecule has 0 aliphatic carbocycles. The van der Waals surface area contributed by atoms with Gasteiger partial charge in [0.05, 0.1) is 33.7 Å². The van der Waals surface area contributed by atoms with Gasteiger partial charge in [-0.15, -0.1) is 0 Å². The van der Waals surface area contributed by atoms with E-state index in [1.165, 1.54) is 7.11 Å². The summed E-state index contributed by atoms with van der Waals surface area (Å²) >= 11 is 0. The smallest absolute Gasteiger partial charge is 0.228 e. The number of carbonyl (C=O) groups excluding carboxylic acids is 3. The molecule has 0 saturated carbocycles. The van der Waals surface area contributed by atoms with Gasteiger partial charge in [0.25, 0.3) is 0 Å². The van der Waals surface area contributed by atoms with Crippen LogP contribution in [0.4, 0.5) is 5.69 Å². The SMILES string of the molecule is COc1ccc(N2CC(C(=O)N3CCC4(CC3)CC(=O)c3c(OC)cc(OC)cc3O4)CC2=O)cc1. The van der Waals surface area contributed by atoms with Crippen molar-refractivity contribution in [2.24, 2.45) is 5.92 Å². The standard InChI is InChI=1S/C27H30N2O7/c1-33-19-6-4-18(5-7-19)29-16-17(12-24(29)31)26(32)28-10-8-27(9-11-28)15-21(30)25-22(35-3)13-20(34-2)14-23(25)36-27/h4-7,13-14,17H,8-12,15-16H2,1-3H3. The number of hydrogen-bond acceptors (Lipinski definition) is 7. The second-order valence-corrected chi connectivity index (χ2v) is 9.52. The zero-order valence-electron chi connectivity index (χ0n) is 20.7. The van der Waals surface area contributed by atoms with E-state index in [0.29, 0.717) is 61.0 Å². The molecule has 2 aromatic carbocycles. The number of rotatable bonds is 5. The maximum Gasteiger partial charge on any atom is 0.228 e. The lowest BCUT2D eigenvalue weighted by Crippen LogP contribution is -2.53. The summed E-state index contributed by atoms with van der Waals surface area (Å²) in [7, 11) is 4.66. The summed E-state index contributed by atoms with van der Waals surface area (Å²) in [6, 6.07) is 10.7. The lowest BCUT2D eigenvalue weighted by Gasteiger charge is -2.44. The van der Waals surface area contributed by atoms with E-state index in [1.807, 2.05) is 12.1 Å². The molecule has 3 aliphatic rings. The Kier molecular flexibility index (Phi) is 6.24. The van der Waals surface area contributed by atoms with Crippen LogP contribution in [0.2, 0.25) is 0 Å². The van der Waals surface area contributed by atoms with Gasteiger partial charge in [0.15, 0.2) is 5.78 Å². The third-order valence-electron chi connectivity index (χ3n) is 7.43. The van der Waals surface area contributed by atoms with E-state index in [4.69, 9.17) is 18.9 Å². The van der Waals surface area contributed by atoms with Gasteiger partial charge >= 0.3 is 0 Å². The highest BCUT2D eigenvalue weighted by Crippen LogP contribution is 2.45. The lowest BCUT2D eigenvalue weighted by molar-refractivity contribution is -0.139. The van der Waals surface area contributed by atoms with Crippen LogP contribution in [0.1, 0.15) is 36.0 Å². The van der Waals surface area contributed by atoms with Crippen LogP contribution in [-0.4, -0.2) is 69.1 Å². The number of hydrogen-bond donors (Lipinski definition) is 0. The van der Waals surface area contributed by atoms with Crippen molar-refractivity contribution in [1.82, 2.24) is 4.90 Å². The number of carbonyl (C=O) groups is 3. The van der Waals surface area contributed by atoms with E-state index in [-0.39, 0.29) is 30.4 Å². The first kappa shape index (κ1) is 24.0. The Hall–Kier alpha value is -3.75. The van der Waals surface area contributed by atoms with Gasteiger partial charge in [0, 0.05) is 56.7 Å². The molecule has 1 atom stereocenters. The molecule has 190 valence electrons. The Labute approximate surface area is 209 Å². The second kappa shape index (κ2) is 9.37. The predicted molar refractivity (Wildman–Crippen MR) is 131 cm³/mol. The molecule has 2 fully saturated rings. The normalized spacial score (nSPS) is 20.7. The van der Waals surface area contributed by atoms with Gasteiger partial charge < -0.3 is 28.7 Å². The number of piperidine rings is 1. The molecule has 2 amide bonds. The number of nitrogens with zero attached hydrogens (tertiary/aromatic N) is 2. The Bertz CT molecular complexity index is 1190. The molecule has 0 aromatic heterocycles. The molecule has 0 radical (unpaired) electrons. The van der Waals surface area contributed by atoms with Crippen molar-refractivity contribution in [2.75, 3.05) is 45.9 Å². The summed E-state index contributed by atoms with van der Waals surface area (Å²) in [5, 5.41) is 0. The molecular formula is C27H30N2O7. The zero-order chi connectivity index (χ0) is 25.4. The molecule has 5 rings (SSSR count). The van der Waals surface area contributed by atoms with Crippen molar-refractivity contribution in [3.63, 3.8) is 0 Å². The van der Waals surface area contributed by atoms with E-state index in [2.05, 4.69) is 0 Å². The highest BCUT2D eigenvalue weighted by molar-refractivity contribution is 6.03. The van der Waals surface area contributed by atoms with Crippen LogP contribution < -0.4 is 23.8 Å². The summed E-state index contributed by atoms with van der Waals surface area (Å²) < 4.78 is 22.3. The topological polar surface area (TPSA) is 94.6 Å². The van der Waals surface area contributed by atoms with Crippen molar-refractivity contribution in [3.05, 3.63) is 42.0 Å². The quantitative estimate of drug-likeness (QED) is 0.630. The summed E-state index contributed by atoms with van der Waals surface area (Å²) in [5.74, 6) is 1.64. The van der Waals surface area contributed by atoms with Crippen LogP contribution in [0.5, 0.6) is 23.0 Å². The molecular weight excluding hydrogens is 464 g/mol. The molecule has 3 heterocycles. The Morgan fingerprint density at radius 3 is 2.31 bits per heavy atom. The highest BCUT2D eigenvalue weighted by Gasteiger charge is 2.46. The number of ketones is 1. The van der Waals surface area contributed by atoms with Gasteiger partial charge in [0.1, 0.15) is 34.2 Å². The van der Waals surface area contributed by atoms with E-state index in [0.717, 1.165) is 5.69 Å². The minimum absolute atomic E-state index is 0.0277. The van der Waals surface area contributed by atoms with Gasteiger partial charge in [-0.2, -0.15) is 0 Å². The average Bonchev–Trinajstić information content (AvgIpc) is 3.29. The average molecular weight is 495 g/mol. The minimum Gasteiger partial charge on any atom is -0.497 e. The Morgan fingerprint density at radius 1 is 0.972 bits per heavy atom. The first-order valence-electron chi connectivity index (χ1n) is 12.1. The monoisotopic (exact) mass is 494 g/mol. The molecule has 1 spiro atoms. The van der Waals surface area contributed by atoms with Crippen LogP contribution in [0.15, 0.2) is 36.4 Å². The van der Waals surface area contributed by atoms with Crippen LogP contribution in [0.3, 0.4) is 0 Å². The molecule has 1 unspecified atom stereocenters. The summed E-state index contributed by atoms with van der Waals surface area (Å²) in [5.41, 5.74) is 0.525. The van der Waals surface area contributed by atoms with Crippen molar-refractivity contribution >= 4 is 23.3 Å². The van der Waals surface area contributed by atoms with Crippen molar-refractivity contribution in [2.45, 2.75) is 31.3 Å². The predicted octanol–water partition coefficient (Wildman–Crippen LogP) is 3.09. The number of methoxy groups -OCH3 is 3. The van der Waals surface area contributed by atoms with E-state index >= 15 is 0 Å². The first-order chi connectivity index (χ1) is 17.4. The van der Waals surface area contributed by atoms with Gasteiger partial charge in [-0.3, -0.25) is 14.4 Å². The second-order valence-electron chi connectivity index (χ2n) is 9.52.